The van der Waals surface area contributed by atoms with Gasteiger partial charge in [-0.1, -0.05) is 89.9 Å². The molecule has 42 heteroatoms. The molecule has 2 atom stereocenters. The van der Waals surface area contributed by atoms with Gasteiger partial charge in [-0.3, -0.25) is 0 Å². The second-order valence-corrected chi connectivity index (χ2v) is 22.8. The van der Waals surface area contributed by atoms with Crippen LogP contribution in [0, 0.1) is 0 Å². The van der Waals surface area contributed by atoms with Crippen LogP contribution in [0.1, 0.15) is 128 Å². The van der Waals surface area contributed by atoms with E-state index in [2.05, 4.69) is 0 Å². The van der Waals surface area contributed by atoms with Crippen LogP contribution in [-0.2, 0) is 18.5 Å². The number of halogens is 34. The van der Waals surface area contributed by atoms with E-state index in [1.807, 2.05) is 0 Å². The minimum absolute atomic E-state index is 0.0306. The Bertz CT molecular complexity index is 2050. The Hall–Kier alpha value is -2.23. The first-order chi connectivity index (χ1) is 39.0. The van der Waals surface area contributed by atoms with Gasteiger partial charge >= 0.3 is 103 Å². The first kappa shape index (κ1) is 85.8. The summed E-state index contributed by atoms with van der Waals surface area (Å²) < 4.78 is 480. The molecule has 0 radical (unpaired) electrons. The second-order valence-electron chi connectivity index (χ2n) is 21.3. The molecular formula is C46H63F34NO6P+. The summed E-state index contributed by atoms with van der Waals surface area (Å²) in [5.74, 6) is -113. The van der Waals surface area contributed by atoms with Crippen molar-refractivity contribution in [2.75, 3.05) is 60.7 Å². The summed E-state index contributed by atoms with van der Waals surface area (Å²) in [4.78, 5) is 22.6. The van der Waals surface area contributed by atoms with Crippen LogP contribution >= 0.6 is 8.17 Å². The fraction of sp³-hybridized carbons (Fsp3) is 1.00. The molecule has 0 aliphatic carbocycles. The number of quaternary nitrogens is 1. The van der Waals surface area contributed by atoms with Crippen LogP contribution in [0.25, 0.3) is 0 Å². The summed E-state index contributed by atoms with van der Waals surface area (Å²) in [5, 5.41) is 0. The van der Waals surface area contributed by atoms with Gasteiger partial charge in [-0.25, -0.2) is 0 Å². The zero-order chi connectivity index (χ0) is 69.8. The number of nitrogens with zero attached hydrogens (tertiary/aromatic N) is 1. The van der Waals surface area contributed by atoms with Gasteiger partial charge in [-0.2, -0.15) is 163 Å². The average Bonchev–Trinajstić information content (AvgIpc) is 0.718. The Kier molecular flexibility index (Phi) is 30.1. The number of unbranched alkanes of at least 4 members (excludes halogenated alkanes) is 16. The molecule has 0 rings (SSSR count). The molecule has 0 saturated heterocycles. The highest BCUT2D eigenvalue weighted by Crippen LogP contribution is 2.66. The Morgan fingerprint density at radius 1 is 0.318 bits per heavy atom. The van der Waals surface area contributed by atoms with E-state index < -0.39 is 155 Å². The van der Waals surface area contributed by atoms with Gasteiger partial charge in [-0.15, -0.1) is 0 Å². The molecule has 0 fully saturated rings. The summed E-state index contributed by atoms with van der Waals surface area (Å²) in [5.41, 5.74) is 0. The van der Waals surface area contributed by atoms with Crippen LogP contribution in [0.5, 0.6) is 0 Å². The second kappa shape index (κ2) is 30.9. The normalized spacial score (nSPS) is 16.4. The maximum Gasteiger partial charge on any atom is 0.460 e. The molecule has 1 N–H and O–H groups in total. The maximum absolute atomic E-state index is 14.2. The van der Waals surface area contributed by atoms with Gasteiger partial charge in [-0.05, 0) is 25.7 Å². The van der Waals surface area contributed by atoms with E-state index in [-0.39, 0.29) is 65.1 Å². The molecule has 7 nitrogen and oxygen atoms in total. The van der Waals surface area contributed by atoms with E-state index in [4.69, 9.17) is 18.5 Å². The first-order valence-electron chi connectivity index (χ1n) is 26.0. The van der Waals surface area contributed by atoms with Gasteiger partial charge < -0.3 is 18.9 Å². The van der Waals surface area contributed by atoms with Crippen molar-refractivity contribution in [3.63, 3.8) is 0 Å². The number of hydrogen-bond donors (Lipinski definition) is 1. The number of ether oxygens (including phenoxy) is 2. The average molecular weight is 1400 g/mol. The highest BCUT2D eigenvalue weighted by atomic mass is 31.2. The summed E-state index contributed by atoms with van der Waals surface area (Å²) in [7, 11) is 0.598. The van der Waals surface area contributed by atoms with E-state index in [0.717, 1.165) is 0 Å². The molecule has 0 aromatic carbocycles. The molecular weight excluding hydrogens is 1340 g/mol. The molecule has 0 aliphatic heterocycles. The Balaban J connectivity index is 5.09. The third-order valence-electron chi connectivity index (χ3n) is 13.1. The van der Waals surface area contributed by atoms with Crippen molar-refractivity contribution in [2.45, 2.75) is 230 Å². The van der Waals surface area contributed by atoms with E-state index in [9.17, 15) is 159 Å². The van der Waals surface area contributed by atoms with Crippen molar-refractivity contribution in [3.8, 4) is 0 Å². The predicted octanol–water partition coefficient (Wildman–Crippen LogP) is 18.0. The molecule has 0 bridgehead atoms. The maximum atomic E-state index is 14.2. The lowest BCUT2D eigenvalue weighted by molar-refractivity contribution is -0.870. The Morgan fingerprint density at radius 3 is 0.852 bits per heavy atom. The van der Waals surface area contributed by atoms with E-state index >= 15 is 0 Å². The minimum Gasteiger partial charge on any atom is -0.606 e. The third kappa shape index (κ3) is 19.7. The van der Waals surface area contributed by atoms with Crippen molar-refractivity contribution in [1.29, 1.82) is 0 Å². The number of likely N-dealkylation sites (N-methyl/N-ethyl adjacent to an activating group) is 1. The predicted molar refractivity (Wildman–Crippen MR) is 238 cm³/mol. The molecule has 88 heavy (non-hydrogen) atoms. The van der Waals surface area contributed by atoms with Crippen LogP contribution in [0.3, 0.4) is 0 Å². The number of phosphoric acid groups is 1. The highest BCUT2D eigenvalue weighted by Gasteiger charge is 2.97. The number of rotatable bonds is 46. The number of phosphoric ester groups is 1. The number of alkyl halides is 34. The SMILES string of the molecule is C[N+](C)(C)CCO[P+]([O-])(O)OCC(COCCCCCCCCCCCC(F)(F)C(F)(F)C(F)(F)C(F)(F)C(F)(F)C(F)(F)C(F)(F)C(F)(F)F)OCCCCCCCCCCCC(F)(F)C(F)(F)C(F)(F)C(F)(F)C(F)(F)C(F)(F)C(F)(F)C(F)(F)F. The Morgan fingerprint density at radius 2 is 0.568 bits per heavy atom. The van der Waals surface area contributed by atoms with Crippen LogP contribution in [-0.4, -0.2) is 171 Å². The zero-order valence-electron chi connectivity index (χ0n) is 46.2. The molecule has 0 aromatic heterocycles. The molecule has 0 saturated carbocycles. The lowest BCUT2D eigenvalue weighted by Gasteiger charge is -2.42. The van der Waals surface area contributed by atoms with Gasteiger partial charge in [0.1, 0.15) is 25.9 Å². The summed E-state index contributed by atoms with van der Waals surface area (Å²) >= 11 is 0. The van der Waals surface area contributed by atoms with Crippen molar-refractivity contribution < 1.29 is 182 Å². The van der Waals surface area contributed by atoms with Crippen molar-refractivity contribution in [3.05, 3.63) is 0 Å². The van der Waals surface area contributed by atoms with E-state index in [1.54, 1.807) is 21.1 Å². The van der Waals surface area contributed by atoms with Gasteiger partial charge in [0.25, 0.3) is 0 Å². The minimum atomic E-state index is -8.71. The molecule has 2 unspecified atom stereocenters. The van der Waals surface area contributed by atoms with Crippen LogP contribution < -0.4 is 4.89 Å². The Labute approximate surface area is 480 Å². The highest BCUT2D eigenvalue weighted by molar-refractivity contribution is 7.52. The van der Waals surface area contributed by atoms with Crippen LogP contribution in [0.15, 0.2) is 0 Å². The first-order valence-corrected chi connectivity index (χ1v) is 27.5. The lowest BCUT2D eigenvalue weighted by Crippen LogP contribution is -2.74. The zero-order valence-corrected chi connectivity index (χ0v) is 47.1. The topological polar surface area (TPSA) is 80.2 Å². The third-order valence-corrected chi connectivity index (χ3v) is 14.1. The smallest absolute Gasteiger partial charge is 0.460 e. The molecule has 0 heterocycles. The van der Waals surface area contributed by atoms with Crippen molar-refractivity contribution in [2.24, 2.45) is 0 Å². The van der Waals surface area contributed by atoms with Crippen LogP contribution in [0.2, 0.25) is 0 Å². The van der Waals surface area contributed by atoms with Gasteiger partial charge in [0.2, 0.25) is 0 Å². The van der Waals surface area contributed by atoms with Crippen LogP contribution in [0.4, 0.5) is 149 Å². The fourth-order valence-electron chi connectivity index (χ4n) is 7.44. The monoisotopic (exact) mass is 1400 g/mol. The summed E-state index contributed by atoms with van der Waals surface area (Å²) in [6.45, 7) is -0.733. The number of hydrogen-bond acceptors (Lipinski definition) is 6. The lowest BCUT2D eigenvalue weighted by atomic mass is 9.87. The summed E-state index contributed by atoms with van der Waals surface area (Å²) in [6.07, 6.45) is -21.6. The summed E-state index contributed by atoms with van der Waals surface area (Å²) in [6, 6.07) is 0. The molecule has 530 valence electrons. The van der Waals surface area contributed by atoms with E-state index in [1.165, 1.54) is 0 Å². The molecule has 0 amide bonds. The molecule has 0 aromatic rings. The fourth-order valence-corrected chi connectivity index (χ4v) is 8.18. The molecule has 0 aliphatic rings. The van der Waals surface area contributed by atoms with Gasteiger partial charge in [0, 0.05) is 26.1 Å². The standard InChI is InChI=1S/C46H62F34NO6P/c1-81(2,3)24-27-86-88(82,83)87-29-30(85-26-21-17-13-9-5-7-11-15-19-23-32(49,50)34(53,54)36(57,58)38(61,62)40(65,66)42(69,70)44(73,74)46(78,79)80)28-84-25-20-16-12-8-4-6-10-14-18-22-31(47,48)33(51,52)35(55,56)37(59,60)39(63,64)41(67,68)43(71,72)45(75,76)77/h30H,4-29H2,1-3H3/p+1. The largest absolute Gasteiger partial charge is 0.606 e. The quantitative estimate of drug-likeness (QED) is 0.0283. The molecule has 0 spiro atoms. The van der Waals surface area contributed by atoms with Gasteiger partial charge in [0.05, 0.1) is 27.7 Å². The van der Waals surface area contributed by atoms with Crippen molar-refractivity contribution in [1.82, 2.24) is 0 Å². The van der Waals surface area contributed by atoms with Crippen molar-refractivity contribution >= 4 is 8.17 Å². The van der Waals surface area contributed by atoms with Gasteiger partial charge in [0.15, 0.2) is 0 Å². The van der Waals surface area contributed by atoms with E-state index in [0.29, 0.717) is 62.3 Å².